The summed E-state index contributed by atoms with van der Waals surface area (Å²) in [6.07, 6.45) is 27.8. The first kappa shape index (κ1) is 78.1. The molecular formula is C75H55Br5N18O12S3. The molecule has 15 aromatic heterocycles. The van der Waals surface area contributed by atoms with Gasteiger partial charge in [0.1, 0.15) is 17.6 Å². The van der Waals surface area contributed by atoms with E-state index < -0.39 is 30.1 Å². The van der Waals surface area contributed by atoms with Crippen LogP contribution in [0.2, 0.25) is 0 Å². The quantitative estimate of drug-likeness (QED) is 0.126. The van der Waals surface area contributed by atoms with E-state index in [1.165, 1.54) is 75.0 Å². The second kappa shape index (κ2) is 32.6. The van der Waals surface area contributed by atoms with Gasteiger partial charge in [-0.05, 0) is 159 Å². The van der Waals surface area contributed by atoms with Crippen LogP contribution in [0.5, 0.6) is 0 Å². The molecule has 30 nitrogen and oxygen atoms in total. The number of oxazole rings is 3. The fourth-order valence-corrected chi connectivity index (χ4v) is 17.4. The molecule has 2 amide bonds. The molecule has 0 aliphatic rings. The summed E-state index contributed by atoms with van der Waals surface area (Å²) in [4.78, 5) is 65.7. The topological polar surface area (TPSA) is 365 Å². The van der Waals surface area contributed by atoms with Gasteiger partial charge in [-0.25, -0.2) is 91.6 Å². The Morgan fingerprint density at radius 2 is 0.788 bits per heavy atom. The highest BCUT2D eigenvalue weighted by molar-refractivity contribution is 9.11. The van der Waals surface area contributed by atoms with Gasteiger partial charge in [-0.1, -0.05) is 54.6 Å². The smallest absolute Gasteiger partial charge is 0.329 e. The molecule has 0 aliphatic carbocycles. The average molecular weight is 1900 g/mol. The summed E-state index contributed by atoms with van der Waals surface area (Å²) in [5.41, 5.74) is 7.29. The average Bonchev–Trinajstić information content (AvgIpc) is 1.65. The minimum absolute atomic E-state index is 0.168. The Balaban J connectivity index is 0.000000117. The Morgan fingerprint density at radius 1 is 0.416 bits per heavy atom. The maximum absolute atomic E-state index is 13.0. The number of carbonyl (C=O) groups excluding carboxylic acids is 2. The number of nitrogens with one attached hydrogen (secondary N) is 1. The molecule has 0 spiro atoms. The summed E-state index contributed by atoms with van der Waals surface area (Å²) in [5.74, 6) is 2.19. The molecule has 0 fully saturated rings. The van der Waals surface area contributed by atoms with Crippen LogP contribution in [0, 0.1) is 6.92 Å². The molecule has 113 heavy (non-hydrogen) atoms. The molecular weight excluding hydrogens is 1840 g/mol. The molecule has 0 unspecified atom stereocenters. The van der Waals surface area contributed by atoms with Crippen molar-refractivity contribution in [1.29, 1.82) is 0 Å². The zero-order valence-electron chi connectivity index (χ0n) is 59.1. The summed E-state index contributed by atoms with van der Waals surface area (Å²) in [7, 11) is -4.49. The van der Waals surface area contributed by atoms with E-state index in [1.54, 1.807) is 206 Å². The van der Waals surface area contributed by atoms with E-state index in [2.05, 4.69) is 135 Å². The molecule has 18 rings (SSSR count). The number of rotatable bonds is 11. The van der Waals surface area contributed by atoms with Crippen molar-refractivity contribution in [2.24, 2.45) is 0 Å². The van der Waals surface area contributed by atoms with Gasteiger partial charge in [0.05, 0.1) is 45.3 Å². The van der Waals surface area contributed by atoms with E-state index >= 15 is 0 Å². The van der Waals surface area contributed by atoms with E-state index in [9.17, 15) is 34.8 Å². The number of hydrogen-bond donors (Lipinski definition) is 1. The number of nitrogens with zero attached hydrogens (tertiary/aromatic N) is 17. The van der Waals surface area contributed by atoms with E-state index in [0.29, 0.717) is 73.2 Å². The molecule has 0 bridgehead atoms. The summed E-state index contributed by atoms with van der Waals surface area (Å²) >= 11 is 16.9. The third kappa shape index (κ3) is 15.9. The number of aromatic nitrogens is 16. The SMILES string of the molecule is CN(C)C(=O)n1cc(-c2cnco2)c2cc(Br)cnc21.Cc1ncoc1-c1cn(C(=O)N(C)C)c2ncc(Br)cc12.O=S(=O)(c1ccccc1)n1cc(-c2ccoc2)c2cc(Br)cnc21.O=S(=O)(c1ccccc1)n1cc(-c2cnco2)c2cc(Br)cnc21.O=S(=O)(c1ccccc1)n1cc(-c2ncn[nH]2)c2cc(Br)cnc21. The molecule has 0 atom stereocenters. The van der Waals surface area contributed by atoms with Crippen molar-refractivity contribution < 1.29 is 52.5 Å². The Hall–Kier alpha value is -11.7. The lowest BCUT2D eigenvalue weighted by Gasteiger charge is -2.10. The summed E-state index contributed by atoms with van der Waals surface area (Å²) in [5, 5.41) is 10.3. The van der Waals surface area contributed by atoms with E-state index in [4.69, 9.17) is 17.7 Å². The highest BCUT2D eigenvalue weighted by atomic mass is 79.9. The number of benzene rings is 3. The van der Waals surface area contributed by atoms with Gasteiger partial charge in [0.15, 0.2) is 59.2 Å². The largest absolute Gasteiger partial charge is 0.472 e. The first-order chi connectivity index (χ1) is 54.3. The molecule has 15 heterocycles. The molecule has 570 valence electrons. The standard InChI is InChI=1S/C17H11BrN2O3S.C16H10BrN3O3S.C15H10BrN5O2S.C14H13BrN4O2.C13H11BrN4O2/c18-13-8-15-16(12-6-7-23-11-12)10-20(17(15)19-9-13)24(21,22)14-4-2-1-3-5-14;17-11-6-13-14(15-8-18-10-23-15)9-20(16(13)19-7-11)24(21,22)12-4-2-1-3-5-12;16-10-6-12-13(14-18-9-19-20-14)8-21(15(12)17-7-10)24(22,23)11-4-2-1-3-5-11;1-8-12(21-7-17-8)11-6-19(14(20)18(2)3)13-10(11)4-9(15)5-16-13;1-17(2)13(19)18-6-10(11-5-15-7-20-11)9-3-8(14)4-16-12(9)18/h1-11H;1-10H;1-9H,(H,18,19,20);4-7H,1-3H3;3-7H,1-2H3. The fraction of sp³-hybridized carbons (Fsp3) is 0.0667. The minimum Gasteiger partial charge on any atom is -0.472 e. The van der Waals surface area contributed by atoms with Crippen molar-refractivity contribution in [2.75, 3.05) is 28.2 Å². The summed E-state index contributed by atoms with van der Waals surface area (Å²) < 4.78 is 110. The lowest BCUT2D eigenvalue weighted by molar-refractivity contribution is 0.219. The van der Waals surface area contributed by atoms with Crippen molar-refractivity contribution in [3.05, 3.63) is 268 Å². The number of aryl methyl sites for hydroxylation is 1. The van der Waals surface area contributed by atoms with Gasteiger partial charge < -0.3 is 27.5 Å². The van der Waals surface area contributed by atoms with Crippen LogP contribution in [0.4, 0.5) is 9.59 Å². The Morgan fingerprint density at radius 3 is 1.16 bits per heavy atom. The zero-order chi connectivity index (χ0) is 79.6. The monoisotopic (exact) mass is 1890 g/mol. The van der Waals surface area contributed by atoms with Crippen LogP contribution >= 0.6 is 79.6 Å². The number of hydrogen-bond acceptors (Lipinski definition) is 22. The van der Waals surface area contributed by atoms with Gasteiger partial charge in [-0.2, -0.15) is 5.10 Å². The molecule has 1 N–H and O–H groups in total. The van der Waals surface area contributed by atoms with Crippen LogP contribution in [-0.4, -0.2) is 151 Å². The Bertz CT molecular complexity index is 6440. The van der Waals surface area contributed by atoms with Crippen molar-refractivity contribution in [3.63, 3.8) is 0 Å². The second-order valence-corrected chi connectivity index (χ2v) is 34.6. The lowest BCUT2D eigenvalue weighted by atomic mass is 10.1. The van der Waals surface area contributed by atoms with Crippen LogP contribution in [0.25, 0.3) is 112 Å². The lowest BCUT2D eigenvalue weighted by Crippen LogP contribution is -2.26. The van der Waals surface area contributed by atoms with Crippen LogP contribution in [0.3, 0.4) is 0 Å². The third-order valence-electron chi connectivity index (χ3n) is 16.9. The zero-order valence-corrected chi connectivity index (χ0v) is 69.5. The van der Waals surface area contributed by atoms with Gasteiger partial charge >= 0.3 is 12.1 Å². The highest BCUT2D eigenvalue weighted by Crippen LogP contribution is 2.39. The van der Waals surface area contributed by atoms with E-state index in [-0.39, 0.29) is 26.7 Å². The molecule has 0 saturated heterocycles. The Kier molecular flexibility index (Phi) is 22.5. The van der Waals surface area contributed by atoms with Gasteiger partial charge in [0.25, 0.3) is 30.1 Å². The van der Waals surface area contributed by atoms with Crippen molar-refractivity contribution in [1.82, 2.24) is 85.9 Å². The highest BCUT2D eigenvalue weighted by Gasteiger charge is 2.29. The number of H-pyrrole nitrogens is 1. The molecule has 38 heteroatoms. The van der Waals surface area contributed by atoms with Crippen LogP contribution in [0.1, 0.15) is 5.69 Å². The molecule has 0 radical (unpaired) electrons. The number of amides is 2. The molecule has 3 aromatic carbocycles. The predicted molar refractivity (Wildman–Crippen MR) is 438 cm³/mol. The van der Waals surface area contributed by atoms with Gasteiger partial charge in [0, 0.05) is 173 Å². The number of aromatic amines is 1. The molecule has 0 aliphatic heterocycles. The normalized spacial score (nSPS) is 11.6. The number of carbonyl (C=O) groups is 2. The number of furan rings is 1. The van der Waals surface area contributed by atoms with Gasteiger partial charge in [0.2, 0.25) is 0 Å². The van der Waals surface area contributed by atoms with Crippen LogP contribution in [-0.2, 0) is 30.1 Å². The maximum Gasteiger partial charge on any atom is 0.329 e. The number of halogens is 5. The third-order valence-corrected chi connectivity index (χ3v) is 24.1. The van der Waals surface area contributed by atoms with E-state index in [0.717, 1.165) is 66.5 Å². The molecule has 18 aromatic rings. The van der Waals surface area contributed by atoms with Crippen LogP contribution < -0.4 is 0 Å². The predicted octanol–water partition coefficient (Wildman–Crippen LogP) is 17.1. The van der Waals surface area contributed by atoms with E-state index in [1.807, 2.05) is 25.1 Å². The van der Waals surface area contributed by atoms with Crippen molar-refractivity contribution in [2.45, 2.75) is 21.6 Å². The summed E-state index contributed by atoms with van der Waals surface area (Å²) in [6.45, 7) is 1.86. The fourth-order valence-electron chi connectivity index (χ4n) is 11.7. The first-order valence-electron chi connectivity index (χ1n) is 33.0. The minimum atomic E-state index is -3.77. The van der Waals surface area contributed by atoms with Crippen LogP contribution in [0.15, 0.2) is 295 Å². The number of fused-ring (bicyclic) bond motifs is 5. The number of pyridine rings is 5. The Labute approximate surface area is 683 Å². The van der Waals surface area contributed by atoms with Gasteiger partial charge in [-0.3, -0.25) is 14.2 Å². The van der Waals surface area contributed by atoms with Gasteiger partial charge in [-0.15, -0.1) is 0 Å². The summed E-state index contributed by atoms with van der Waals surface area (Å²) in [6, 6.07) is 35.5. The maximum atomic E-state index is 13.0. The van der Waals surface area contributed by atoms with Crippen molar-refractivity contribution >= 4 is 177 Å². The first-order valence-corrected chi connectivity index (χ1v) is 41.3. The van der Waals surface area contributed by atoms with Crippen molar-refractivity contribution in [3.8, 4) is 56.5 Å². The second-order valence-electron chi connectivity index (χ2n) is 24.6. The molecule has 0 saturated carbocycles.